The lowest BCUT2D eigenvalue weighted by Crippen LogP contribution is -2.52. The smallest absolute Gasteiger partial charge is 0.237 e. The predicted molar refractivity (Wildman–Crippen MR) is 53.8 cm³/mol. The summed E-state index contributed by atoms with van der Waals surface area (Å²) in [6.45, 7) is 5.72. The second kappa shape index (κ2) is 4.39. The molecule has 0 saturated heterocycles. The molecule has 3 N–H and O–H groups in total. The summed E-state index contributed by atoms with van der Waals surface area (Å²) >= 11 is 0. The average Bonchev–Trinajstić information content (AvgIpc) is 2.60. The van der Waals surface area contributed by atoms with Gasteiger partial charge in [-0.05, 0) is 13.3 Å². The number of carbonyl (C=O) groups excluding carboxylic acids is 1. The normalized spacial score (nSPS) is 14.9. The molecule has 0 unspecified atom stereocenters. The van der Waals surface area contributed by atoms with Gasteiger partial charge >= 0.3 is 0 Å². The largest absolute Gasteiger partial charge is 0.368 e. The summed E-state index contributed by atoms with van der Waals surface area (Å²) in [5.41, 5.74) is 4.56. The maximum absolute atomic E-state index is 11.2. The zero-order chi connectivity index (χ0) is 11.5. The lowest BCUT2D eigenvalue weighted by atomic mass is 9.98. The van der Waals surface area contributed by atoms with Gasteiger partial charge in [-0.15, -0.1) is 0 Å². The van der Waals surface area contributed by atoms with E-state index in [0.717, 1.165) is 0 Å². The first-order valence-corrected chi connectivity index (χ1v) is 4.82. The van der Waals surface area contributed by atoms with Crippen LogP contribution in [0.1, 0.15) is 32.0 Å². The first-order chi connectivity index (χ1) is 6.98. The van der Waals surface area contributed by atoms with Gasteiger partial charge < -0.3 is 10.3 Å². The minimum absolute atomic E-state index is 0.366. The van der Waals surface area contributed by atoms with E-state index in [0.29, 0.717) is 24.7 Å². The summed E-state index contributed by atoms with van der Waals surface area (Å²) in [5.74, 6) is 0.641. The van der Waals surface area contributed by atoms with Crippen molar-refractivity contribution in [2.75, 3.05) is 0 Å². The number of aryl methyl sites for hydroxylation is 1. The zero-order valence-corrected chi connectivity index (χ0v) is 9.20. The molecule has 0 aliphatic rings. The number of nitrogens with one attached hydrogen (secondary N) is 1. The molecule has 84 valence electrons. The van der Waals surface area contributed by atoms with Crippen LogP contribution in [0.5, 0.6) is 0 Å². The van der Waals surface area contributed by atoms with E-state index in [9.17, 15) is 4.79 Å². The van der Waals surface area contributed by atoms with E-state index >= 15 is 0 Å². The third-order valence-corrected chi connectivity index (χ3v) is 2.46. The first-order valence-electron chi connectivity index (χ1n) is 4.82. The quantitative estimate of drug-likeness (QED) is 0.723. The van der Waals surface area contributed by atoms with Crippen LogP contribution in [-0.4, -0.2) is 21.6 Å². The fraction of sp³-hybridized carbons (Fsp3) is 0.667. The topological polar surface area (TPSA) is 94.0 Å². The van der Waals surface area contributed by atoms with Crippen LogP contribution in [0.4, 0.5) is 0 Å². The first kappa shape index (κ1) is 11.6. The van der Waals surface area contributed by atoms with Crippen LogP contribution in [0, 0.1) is 6.92 Å². The van der Waals surface area contributed by atoms with Gasteiger partial charge in [-0.1, -0.05) is 12.1 Å². The zero-order valence-electron chi connectivity index (χ0n) is 9.20. The molecule has 0 radical (unpaired) electrons. The van der Waals surface area contributed by atoms with E-state index in [1.54, 1.807) is 13.8 Å². The van der Waals surface area contributed by atoms with Gasteiger partial charge in [-0.3, -0.25) is 10.1 Å². The molecule has 6 nitrogen and oxygen atoms in total. The molecule has 1 aromatic heterocycles. The van der Waals surface area contributed by atoms with Crippen molar-refractivity contribution in [3.8, 4) is 0 Å². The van der Waals surface area contributed by atoms with Gasteiger partial charge in [0.05, 0.1) is 12.1 Å². The number of primary amides is 1. The monoisotopic (exact) mass is 212 g/mol. The van der Waals surface area contributed by atoms with E-state index in [4.69, 9.17) is 10.3 Å². The van der Waals surface area contributed by atoms with Crippen LogP contribution in [0.2, 0.25) is 0 Å². The number of nitrogens with zero attached hydrogens (tertiary/aromatic N) is 2. The minimum Gasteiger partial charge on any atom is -0.368 e. The van der Waals surface area contributed by atoms with E-state index in [1.165, 1.54) is 0 Å². The number of aromatic nitrogens is 2. The van der Waals surface area contributed by atoms with Crippen molar-refractivity contribution < 1.29 is 9.32 Å². The summed E-state index contributed by atoms with van der Waals surface area (Å²) in [6, 6.07) is 0. The lowest BCUT2D eigenvalue weighted by molar-refractivity contribution is -0.124. The van der Waals surface area contributed by atoms with Gasteiger partial charge in [0.15, 0.2) is 5.82 Å². The van der Waals surface area contributed by atoms with Crippen LogP contribution < -0.4 is 11.1 Å². The van der Waals surface area contributed by atoms with Crippen LogP contribution in [0.3, 0.4) is 0 Å². The minimum atomic E-state index is -0.728. The summed E-state index contributed by atoms with van der Waals surface area (Å²) in [7, 11) is 0. The molecule has 1 rings (SSSR count). The molecule has 1 heterocycles. The molecule has 1 aromatic rings. The number of hydrogen-bond acceptors (Lipinski definition) is 5. The highest BCUT2D eigenvalue weighted by Crippen LogP contribution is 2.09. The molecule has 0 aromatic carbocycles. The highest BCUT2D eigenvalue weighted by atomic mass is 16.5. The molecule has 1 atom stereocenters. The Bertz CT molecular complexity index is 350. The summed E-state index contributed by atoms with van der Waals surface area (Å²) < 4.78 is 4.81. The fourth-order valence-electron chi connectivity index (χ4n) is 1.07. The molecule has 0 bridgehead atoms. The molecular weight excluding hydrogens is 196 g/mol. The highest BCUT2D eigenvalue weighted by molar-refractivity contribution is 5.84. The summed E-state index contributed by atoms with van der Waals surface area (Å²) in [4.78, 5) is 15.2. The van der Waals surface area contributed by atoms with Gasteiger partial charge in [0.1, 0.15) is 0 Å². The van der Waals surface area contributed by atoms with E-state index in [2.05, 4.69) is 15.5 Å². The fourth-order valence-corrected chi connectivity index (χ4v) is 1.07. The third kappa shape index (κ3) is 2.76. The Labute approximate surface area is 88.2 Å². The second-order valence-corrected chi connectivity index (χ2v) is 3.63. The Morgan fingerprint density at radius 1 is 1.67 bits per heavy atom. The number of carbonyl (C=O) groups is 1. The maximum atomic E-state index is 11.2. The molecule has 0 spiro atoms. The molecule has 0 aliphatic carbocycles. The van der Waals surface area contributed by atoms with Gasteiger partial charge in [0.2, 0.25) is 11.8 Å². The van der Waals surface area contributed by atoms with Crippen molar-refractivity contribution in [3.05, 3.63) is 11.7 Å². The number of nitrogens with two attached hydrogens (primary N) is 1. The van der Waals surface area contributed by atoms with Crippen molar-refractivity contribution in [2.24, 2.45) is 5.73 Å². The standard InChI is InChI=1S/C9H16N4O2/c1-4-9(3,8(10)14)11-5-7-12-6(2)15-13-7/h11H,4-5H2,1-3H3,(H2,10,14)/t9-/m1/s1. The molecule has 0 fully saturated rings. The maximum Gasteiger partial charge on any atom is 0.237 e. The van der Waals surface area contributed by atoms with Gasteiger partial charge in [0, 0.05) is 6.92 Å². The highest BCUT2D eigenvalue weighted by Gasteiger charge is 2.28. The van der Waals surface area contributed by atoms with Crippen LogP contribution in [0.15, 0.2) is 4.52 Å². The molecule has 1 amide bonds. The Kier molecular flexibility index (Phi) is 3.41. The van der Waals surface area contributed by atoms with E-state index < -0.39 is 5.54 Å². The Balaban J connectivity index is 2.59. The van der Waals surface area contributed by atoms with E-state index in [-0.39, 0.29) is 5.91 Å². The molecule has 15 heavy (non-hydrogen) atoms. The summed E-state index contributed by atoms with van der Waals surface area (Å²) in [6.07, 6.45) is 0.610. The number of rotatable bonds is 5. The molecule has 0 saturated carbocycles. The molecular formula is C9H16N4O2. The Hall–Kier alpha value is -1.43. The molecule has 0 aliphatic heterocycles. The lowest BCUT2D eigenvalue weighted by Gasteiger charge is -2.24. The van der Waals surface area contributed by atoms with Crippen molar-refractivity contribution in [1.82, 2.24) is 15.5 Å². The van der Waals surface area contributed by atoms with Crippen molar-refractivity contribution >= 4 is 5.91 Å². The molecule has 6 heteroatoms. The third-order valence-electron chi connectivity index (χ3n) is 2.46. The van der Waals surface area contributed by atoms with Crippen LogP contribution >= 0.6 is 0 Å². The number of hydrogen-bond donors (Lipinski definition) is 2. The SMILES string of the molecule is CC[C@@](C)(NCc1noc(C)n1)C(N)=O. The van der Waals surface area contributed by atoms with Gasteiger partial charge in [-0.2, -0.15) is 4.98 Å². The van der Waals surface area contributed by atoms with Crippen molar-refractivity contribution in [1.29, 1.82) is 0 Å². The Morgan fingerprint density at radius 3 is 2.73 bits per heavy atom. The average molecular weight is 212 g/mol. The van der Waals surface area contributed by atoms with Crippen molar-refractivity contribution in [2.45, 2.75) is 39.3 Å². The van der Waals surface area contributed by atoms with E-state index in [1.807, 2.05) is 6.92 Å². The second-order valence-electron chi connectivity index (χ2n) is 3.63. The number of amides is 1. The van der Waals surface area contributed by atoms with Crippen molar-refractivity contribution in [3.63, 3.8) is 0 Å². The Morgan fingerprint density at radius 2 is 2.33 bits per heavy atom. The van der Waals surface area contributed by atoms with Gasteiger partial charge in [-0.25, -0.2) is 0 Å². The predicted octanol–water partition coefficient (Wildman–Crippen LogP) is 0.122. The van der Waals surface area contributed by atoms with Crippen LogP contribution in [-0.2, 0) is 11.3 Å². The summed E-state index contributed by atoms with van der Waals surface area (Å²) in [5, 5.41) is 6.73. The van der Waals surface area contributed by atoms with Crippen LogP contribution in [0.25, 0.3) is 0 Å². The van der Waals surface area contributed by atoms with Gasteiger partial charge in [0.25, 0.3) is 0 Å².